The summed E-state index contributed by atoms with van der Waals surface area (Å²) in [5.41, 5.74) is 2.67. The fraction of sp³-hybridized carbons (Fsp3) is 0.182. The zero-order valence-corrected chi connectivity index (χ0v) is 24.8. The third-order valence-electron chi connectivity index (χ3n) is 6.48. The van der Waals surface area contributed by atoms with Gasteiger partial charge in [0.25, 0.3) is 5.56 Å². The third kappa shape index (κ3) is 5.95. The number of rotatable bonds is 10. The Balaban J connectivity index is 1.74. The lowest BCUT2D eigenvalue weighted by Gasteiger charge is -2.25. The van der Waals surface area contributed by atoms with Gasteiger partial charge in [-0.25, -0.2) is 9.79 Å². The number of aromatic nitrogens is 1. The van der Waals surface area contributed by atoms with Crippen LogP contribution in [-0.4, -0.2) is 30.4 Å². The zero-order valence-electron chi connectivity index (χ0n) is 23.2. The summed E-state index contributed by atoms with van der Waals surface area (Å²) in [7, 11) is 0. The fourth-order valence-electron chi connectivity index (χ4n) is 4.70. The van der Waals surface area contributed by atoms with E-state index in [2.05, 4.69) is 6.58 Å². The van der Waals surface area contributed by atoms with Gasteiger partial charge in [0.1, 0.15) is 6.61 Å². The predicted molar refractivity (Wildman–Crippen MR) is 166 cm³/mol. The molecule has 0 fully saturated rings. The van der Waals surface area contributed by atoms with Crippen molar-refractivity contribution in [2.24, 2.45) is 4.99 Å². The van der Waals surface area contributed by atoms with E-state index < -0.39 is 12.0 Å². The Labute approximate surface area is 252 Å². The number of nitrogens with zero attached hydrogens (tertiary/aromatic N) is 2. The molecule has 3 aromatic carbocycles. The van der Waals surface area contributed by atoms with E-state index in [4.69, 9.17) is 30.8 Å². The highest BCUT2D eigenvalue weighted by atomic mass is 35.5. The van der Waals surface area contributed by atoms with E-state index in [1.54, 1.807) is 41.8 Å². The van der Waals surface area contributed by atoms with Gasteiger partial charge in [-0.05, 0) is 55.3 Å². The smallest absolute Gasteiger partial charge is 0.338 e. The van der Waals surface area contributed by atoms with Crippen LogP contribution in [-0.2, 0) is 9.53 Å². The predicted octanol–water partition coefficient (Wildman–Crippen LogP) is 5.55. The molecule has 0 saturated carbocycles. The molecule has 2 heterocycles. The summed E-state index contributed by atoms with van der Waals surface area (Å²) >= 11 is 7.46. The Hall–Kier alpha value is -4.40. The van der Waals surface area contributed by atoms with Crippen LogP contribution in [0.3, 0.4) is 0 Å². The SMILES string of the molecule is C=CCOc1ccc(/C=c2\sc3n(c2=O)[C@H](c2ccc(Cl)cc2)C(C(=O)OCC)=C(c2ccccc2)N=3)cc1OCC. The molecule has 9 heteroatoms. The number of carbonyl (C=O) groups excluding carboxylic acids is 1. The lowest BCUT2D eigenvalue weighted by atomic mass is 9.93. The van der Waals surface area contributed by atoms with Crippen LogP contribution in [0, 0.1) is 0 Å². The van der Waals surface area contributed by atoms with Crippen molar-refractivity contribution in [2.45, 2.75) is 19.9 Å². The highest BCUT2D eigenvalue weighted by Gasteiger charge is 2.35. The van der Waals surface area contributed by atoms with Crippen LogP contribution in [0.15, 0.2) is 101 Å². The molecular weight excluding hydrogens is 572 g/mol. The minimum absolute atomic E-state index is 0.177. The van der Waals surface area contributed by atoms with Gasteiger partial charge < -0.3 is 14.2 Å². The molecule has 7 nitrogen and oxygen atoms in total. The van der Waals surface area contributed by atoms with Crippen LogP contribution < -0.4 is 24.4 Å². The topological polar surface area (TPSA) is 79.1 Å². The van der Waals surface area contributed by atoms with E-state index in [1.165, 1.54) is 11.3 Å². The summed E-state index contributed by atoms with van der Waals surface area (Å²) in [5, 5.41) is 0.543. The second-order valence-electron chi connectivity index (χ2n) is 9.22. The summed E-state index contributed by atoms with van der Waals surface area (Å²) in [6.07, 6.45) is 3.45. The molecule has 4 aromatic rings. The van der Waals surface area contributed by atoms with E-state index in [0.717, 1.165) is 11.1 Å². The first-order chi connectivity index (χ1) is 20.4. The number of hydrogen-bond donors (Lipinski definition) is 0. The number of benzene rings is 3. The van der Waals surface area contributed by atoms with E-state index >= 15 is 0 Å². The van der Waals surface area contributed by atoms with Crippen LogP contribution in [0.4, 0.5) is 0 Å². The molecule has 0 unspecified atom stereocenters. The van der Waals surface area contributed by atoms with Gasteiger partial charge >= 0.3 is 5.97 Å². The zero-order chi connectivity index (χ0) is 29.6. The average Bonchev–Trinajstić information content (AvgIpc) is 3.31. The molecule has 1 aliphatic heterocycles. The Bertz CT molecular complexity index is 1820. The summed E-state index contributed by atoms with van der Waals surface area (Å²) in [6.45, 7) is 8.31. The molecule has 42 heavy (non-hydrogen) atoms. The maximum atomic E-state index is 14.1. The summed E-state index contributed by atoms with van der Waals surface area (Å²) in [4.78, 5) is 32.9. The van der Waals surface area contributed by atoms with Gasteiger partial charge in [0.15, 0.2) is 16.3 Å². The first kappa shape index (κ1) is 29.1. The van der Waals surface area contributed by atoms with Crippen molar-refractivity contribution in [1.82, 2.24) is 4.57 Å². The summed E-state index contributed by atoms with van der Waals surface area (Å²) in [6, 6.07) is 21.2. The highest BCUT2D eigenvalue weighted by molar-refractivity contribution is 7.07. The fourth-order valence-corrected chi connectivity index (χ4v) is 5.83. The number of fused-ring (bicyclic) bond motifs is 1. The number of thiazole rings is 1. The molecule has 214 valence electrons. The number of esters is 1. The molecule has 1 aromatic heterocycles. The molecule has 1 aliphatic rings. The first-order valence-corrected chi connectivity index (χ1v) is 14.7. The van der Waals surface area contributed by atoms with E-state index in [9.17, 15) is 9.59 Å². The third-order valence-corrected chi connectivity index (χ3v) is 7.72. The molecule has 1 atom stereocenters. The maximum absolute atomic E-state index is 14.1. The lowest BCUT2D eigenvalue weighted by molar-refractivity contribution is -0.138. The molecule has 0 aliphatic carbocycles. The van der Waals surface area contributed by atoms with Crippen LogP contribution in [0.25, 0.3) is 11.8 Å². The Morgan fingerprint density at radius 1 is 1.02 bits per heavy atom. The summed E-state index contributed by atoms with van der Waals surface area (Å²) in [5.74, 6) is 0.617. The number of hydrogen-bond acceptors (Lipinski definition) is 7. The first-order valence-electron chi connectivity index (χ1n) is 13.5. The van der Waals surface area contributed by atoms with Crippen molar-refractivity contribution in [1.29, 1.82) is 0 Å². The van der Waals surface area contributed by atoms with Crippen LogP contribution in [0.1, 0.15) is 36.6 Å². The molecule has 0 amide bonds. The molecule has 0 spiro atoms. The van der Waals surface area contributed by atoms with Crippen LogP contribution >= 0.6 is 22.9 Å². The molecule has 0 saturated heterocycles. The average molecular weight is 601 g/mol. The minimum atomic E-state index is -0.774. The molecule has 0 bridgehead atoms. The molecule has 0 N–H and O–H groups in total. The monoisotopic (exact) mass is 600 g/mol. The van der Waals surface area contributed by atoms with Crippen molar-refractivity contribution in [2.75, 3.05) is 19.8 Å². The second kappa shape index (κ2) is 13.1. The van der Waals surface area contributed by atoms with Gasteiger partial charge in [-0.1, -0.05) is 84.1 Å². The van der Waals surface area contributed by atoms with Crippen molar-refractivity contribution in [3.63, 3.8) is 0 Å². The molecular formula is C33H29ClN2O5S. The van der Waals surface area contributed by atoms with E-state index in [0.29, 0.717) is 50.3 Å². The Morgan fingerprint density at radius 2 is 1.79 bits per heavy atom. The highest BCUT2D eigenvalue weighted by Crippen LogP contribution is 2.35. The van der Waals surface area contributed by atoms with Crippen molar-refractivity contribution < 1.29 is 19.0 Å². The van der Waals surface area contributed by atoms with Crippen LogP contribution in [0.5, 0.6) is 11.5 Å². The molecule has 0 radical (unpaired) electrons. The van der Waals surface area contributed by atoms with Crippen molar-refractivity contribution >= 4 is 40.7 Å². The Kier molecular flexibility index (Phi) is 9.05. The maximum Gasteiger partial charge on any atom is 0.338 e. The standard InChI is InChI=1S/C33H29ClN2O5S/c1-4-18-41-25-17-12-21(19-26(25)39-5-2)20-27-31(37)36-30(23-13-15-24(34)16-14-23)28(32(38)40-6-3)29(35-33(36)42-27)22-10-8-7-9-11-22/h4,7-17,19-20,30H,1,5-6,18H2,2-3H3/b27-20-/t30-/m1/s1. The summed E-state index contributed by atoms with van der Waals surface area (Å²) < 4.78 is 19.0. The van der Waals surface area contributed by atoms with Crippen molar-refractivity contribution in [3.05, 3.63) is 132 Å². The molecule has 5 rings (SSSR count). The van der Waals surface area contributed by atoms with E-state index in [-0.39, 0.29) is 17.7 Å². The van der Waals surface area contributed by atoms with Gasteiger partial charge in [0, 0.05) is 10.6 Å². The van der Waals surface area contributed by atoms with Gasteiger partial charge in [0.05, 0.1) is 35.1 Å². The van der Waals surface area contributed by atoms with Gasteiger partial charge in [-0.3, -0.25) is 9.36 Å². The minimum Gasteiger partial charge on any atom is -0.490 e. The second-order valence-corrected chi connectivity index (χ2v) is 10.7. The normalized spacial score (nSPS) is 14.6. The van der Waals surface area contributed by atoms with Gasteiger partial charge in [-0.2, -0.15) is 0 Å². The largest absolute Gasteiger partial charge is 0.490 e. The quantitative estimate of drug-likeness (QED) is 0.176. The van der Waals surface area contributed by atoms with E-state index in [1.807, 2.05) is 61.5 Å². The van der Waals surface area contributed by atoms with Gasteiger partial charge in [0.2, 0.25) is 0 Å². The Morgan fingerprint density at radius 3 is 2.48 bits per heavy atom. The number of halogens is 1. The van der Waals surface area contributed by atoms with Crippen LogP contribution in [0.2, 0.25) is 5.02 Å². The van der Waals surface area contributed by atoms with Gasteiger partial charge in [-0.15, -0.1) is 0 Å². The number of carbonyl (C=O) groups is 1. The number of ether oxygens (including phenoxy) is 3. The van der Waals surface area contributed by atoms with Crippen molar-refractivity contribution in [3.8, 4) is 11.5 Å². The lowest BCUT2D eigenvalue weighted by Crippen LogP contribution is -2.40.